The van der Waals surface area contributed by atoms with Crippen molar-refractivity contribution in [3.8, 4) is 0 Å². The van der Waals surface area contributed by atoms with E-state index in [4.69, 9.17) is 0 Å². The Balaban J connectivity index is 0.00000324. The zero-order chi connectivity index (χ0) is 13.7. The van der Waals surface area contributed by atoms with E-state index in [-0.39, 0.29) is 31.2 Å². The van der Waals surface area contributed by atoms with Gasteiger partial charge in [-0.3, -0.25) is 9.78 Å². The van der Waals surface area contributed by atoms with Crippen molar-refractivity contribution < 1.29 is 19.4 Å². The van der Waals surface area contributed by atoms with E-state index >= 15 is 0 Å². The summed E-state index contributed by atoms with van der Waals surface area (Å²) in [5.41, 5.74) is 1.33. The maximum atomic E-state index is 11.3. The van der Waals surface area contributed by atoms with Crippen LogP contribution < -0.4 is 0 Å². The van der Waals surface area contributed by atoms with Gasteiger partial charge in [-0.25, -0.2) is 9.78 Å². The molecule has 0 aromatic carbocycles. The molecule has 1 heterocycles. The van der Waals surface area contributed by atoms with Gasteiger partial charge in [-0.15, -0.1) is 0 Å². The van der Waals surface area contributed by atoms with Crippen molar-refractivity contribution in [2.45, 2.75) is 20.8 Å². The molecule has 0 bridgehead atoms. The minimum absolute atomic E-state index is 0. The van der Waals surface area contributed by atoms with Crippen LogP contribution in [0.4, 0.5) is 0 Å². The van der Waals surface area contributed by atoms with Gasteiger partial charge in [0, 0.05) is 12.3 Å². The first-order chi connectivity index (χ1) is 8.45. The molecule has 0 saturated carbocycles. The fourth-order valence-electron chi connectivity index (χ4n) is 1.30. The number of nitrogens with zero attached hydrogens (tertiary/aromatic N) is 2. The standard InChI is InChI=1S/C12H14N2O4.Li.H/c1-4-18-12(17)10(16)5-9(15)11-8(3)14-7(2)6-13-11;;/h5-6,15H,4H2,1-3H3;;. The molecule has 0 amide bonds. The summed E-state index contributed by atoms with van der Waals surface area (Å²) in [5.74, 6) is -2.35. The molecule has 0 aliphatic rings. The molecular weight excluding hydrogens is 243 g/mol. The molecule has 98 valence electrons. The Morgan fingerprint density at radius 1 is 1.42 bits per heavy atom. The topological polar surface area (TPSA) is 89.4 Å². The van der Waals surface area contributed by atoms with Crippen molar-refractivity contribution in [1.29, 1.82) is 0 Å². The maximum absolute atomic E-state index is 11.3. The molecule has 6 nitrogen and oxygen atoms in total. The number of ether oxygens (including phenoxy) is 1. The van der Waals surface area contributed by atoms with Crippen molar-refractivity contribution in [3.63, 3.8) is 0 Å². The molecule has 0 radical (unpaired) electrons. The molecule has 0 aliphatic heterocycles. The third-order valence-corrected chi connectivity index (χ3v) is 2.05. The Morgan fingerprint density at radius 2 is 2.05 bits per heavy atom. The number of aromatic nitrogens is 2. The van der Waals surface area contributed by atoms with Crippen LogP contribution in [0.2, 0.25) is 0 Å². The molecule has 1 aromatic rings. The summed E-state index contributed by atoms with van der Waals surface area (Å²) in [5, 5.41) is 9.71. The SMILES string of the molecule is CCOC(=O)C(=O)C=C(O)c1ncc(C)nc1C.[LiH]. The summed E-state index contributed by atoms with van der Waals surface area (Å²) in [6.45, 7) is 5.09. The van der Waals surface area contributed by atoms with E-state index in [9.17, 15) is 14.7 Å². The Bertz CT molecular complexity index is 514. The molecule has 0 atom stereocenters. The second-order valence-corrected chi connectivity index (χ2v) is 3.56. The zero-order valence-corrected chi connectivity index (χ0v) is 10.4. The molecule has 0 fully saturated rings. The first-order valence-corrected chi connectivity index (χ1v) is 5.38. The second kappa shape index (κ2) is 7.72. The van der Waals surface area contributed by atoms with Crippen LogP contribution in [0, 0.1) is 13.8 Å². The number of hydrogen-bond acceptors (Lipinski definition) is 6. The average Bonchev–Trinajstić information content (AvgIpc) is 2.28. The quantitative estimate of drug-likeness (QED) is 0.278. The summed E-state index contributed by atoms with van der Waals surface area (Å²) in [4.78, 5) is 30.5. The Labute approximate surface area is 123 Å². The number of hydrogen-bond donors (Lipinski definition) is 1. The number of ketones is 1. The third kappa shape index (κ3) is 4.85. The monoisotopic (exact) mass is 258 g/mol. The number of esters is 1. The summed E-state index contributed by atoms with van der Waals surface area (Å²) in [6, 6.07) is 0. The van der Waals surface area contributed by atoms with Crippen LogP contribution in [0.5, 0.6) is 0 Å². The van der Waals surface area contributed by atoms with Crippen LogP contribution in [0.25, 0.3) is 5.76 Å². The van der Waals surface area contributed by atoms with Crippen LogP contribution >= 0.6 is 0 Å². The number of aliphatic hydroxyl groups excluding tert-OH is 1. The molecule has 0 aliphatic carbocycles. The Hall–Kier alpha value is -1.64. The van der Waals surface area contributed by atoms with Crippen molar-refractivity contribution in [3.05, 3.63) is 29.4 Å². The Kier molecular flexibility index (Phi) is 7.05. The van der Waals surface area contributed by atoms with E-state index in [0.717, 1.165) is 6.08 Å². The third-order valence-electron chi connectivity index (χ3n) is 2.05. The van der Waals surface area contributed by atoms with Crippen LogP contribution in [-0.2, 0) is 14.3 Å². The van der Waals surface area contributed by atoms with Gasteiger partial charge in [-0.05, 0) is 20.8 Å². The molecule has 7 heteroatoms. The molecule has 1 N–H and O–H groups in total. The normalized spacial score (nSPS) is 10.6. The van der Waals surface area contributed by atoms with Gasteiger partial charge in [0.15, 0.2) is 0 Å². The van der Waals surface area contributed by atoms with E-state index in [0.29, 0.717) is 11.4 Å². The summed E-state index contributed by atoms with van der Waals surface area (Å²) >= 11 is 0. The first-order valence-electron chi connectivity index (χ1n) is 5.38. The number of aliphatic hydroxyl groups is 1. The fourth-order valence-corrected chi connectivity index (χ4v) is 1.30. The van der Waals surface area contributed by atoms with E-state index in [1.807, 2.05) is 0 Å². The molecule has 1 aromatic heterocycles. The van der Waals surface area contributed by atoms with Gasteiger partial charge in [0.25, 0.3) is 5.78 Å². The van der Waals surface area contributed by atoms with Gasteiger partial charge in [-0.2, -0.15) is 0 Å². The zero-order valence-electron chi connectivity index (χ0n) is 10.4. The van der Waals surface area contributed by atoms with Crippen LogP contribution in [-0.4, -0.2) is 52.3 Å². The van der Waals surface area contributed by atoms with Gasteiger partial charge in [0.2, 0.25) is 0 Å². The van der Waals surface area contributed by atoms with Gasteiger partial charge in [0.1, 0.15) is 11.5 Å². The molecule has 0 unspecified atom stereocenters. The van der Waals surface area contributed by atoms with Gasteiger partial charge >= 0.3 is 24.8 Å². The van der Waals surface area contributed by atoms with Gasteiger partial charge in [0.05, 0.1) is 18.0 Å². The fraction of sp³-hybridized carbons (Fsp3) is 0.333. The predicted octanol–water partition coefficient (Wildman–Crippen LogP) is 0.476. The molecule has 0 saturated heterocycles. The first kappa shape index (κ1) is 17.4. The molecule has 1 rings (SSSR count). The summed E-state index contributed by atoms with van der Waals surface area (Å²) in [6.07, 6.45) is 2.24. The Morgan fingerprint density at radius 3 is 2.58 bits per heavy atom. The van der Waals surface area contributed by atoms with E-state index in [1.54, 1.807) is 20.8 Å². The van der Waals surface area contributed by atoms with Crippen LogP contribution in [0.1, 0.15) is 24.0 Å². The summed E-state index contributed by atoms with van der Waals surface area (Å²) in [7, 11) is 0. The van der Waals surface area contributed by atoms with Crippen molar-refractivity contribution in [2.24, 2.45) is 0 Å². The van der Waals surface area contributed by atoms with E-state index < -0.39 is 17.5 Å². The van der Waals surface area contributed by atoms with Crippen molar-refractivity contribution >= 4 is 36.4 Å². The van der Waals surface area contributed by atoms with E-state index in [2.05, 4.69) is 14.7 Å². The van der Waals surface area contributed by atoms with Crippen LogP contribution in [0.15, 0.2) is 12.3 Å². The predicted molar refractivity (Wildman–Crippen MR) is 70.9 cm³/mol. The minimum atomic E-state index is -1.01. The number of carbonyl (C=O) groups excluding carboxylic acids is 2. The molecule has 19 heavy (non-hydrogen) atoms. The number of aryl methyl sites for hydroxylation is 2. The summed E-state index contributed by atoms with van der Waals surface area (Å²) < 4.78 is 4.51. The molecule has 0 spiro atoms. The van der Waals surface area contributed by atoms with E-state index in [1.165, 1.54) is 6.20 Å². The number of carbonyl (C=O) groups is 2. The molecular formula is C12H15LiN2O4. The average molecular weight is 258 g/mol. The second-order valence-electron chi connectivity index (χ2n) is 3.56. The van der Waals surface area contributed by atoms with Gasteiger partial charge in [-0.1, -0.05) is 0 Å². The van der Waals surface area contributed by atoms with Crippen molar-refractivity contribution in [2.75, 3.05) is 6.61 Å². The van der Waals surface area contributed by atoms with Crippen LogP contribution in [0.3, 0.4) is 0 Å². The van der Waals surface area contributed by atoms with Gasteiger partial charge < -0.3 is 9.84 Å². The van der Waals surface area contributed by atoms with Crippen molar-refractivity contribution in [1.82, 2.24) is 9.97 Å². The number of rotatable bonds is 4.